The Hall–Kier alpha value is -1.85. The Balaban J connectivity index is 1.65. The summed E-state index contributed by atoms with van der Waals surface area (Å²) in [4.78, 5) is 4.57. The standard InChI is InChI=1S/C15H18ClN5/c1-11(12(2)21-7-3-6-18-21)17-8-14-10-20-9-13(16)4-5-15(20)19-14/h3-7,9-12,17H,8H2,1-2H3/t11-,12-/m1/s1. The maximum absolute atomic E-state index is 5.98. The van der Waals surface area contributed by atoms with Crippen molar-refractivity contribution in [3.63, 3.8) is 0 Å². The third-order valence-electron chi connectivity index (χ3n) is 3.74. The Labute approximate surface area is 128 Å². The maximum atomic E-state index is 5.98. The zero-order valence-electron chi connectivity index (χ0n) is 12.1. The molecule has 0 bridgehead atoms. The van der Waals surface area contributed by atoms with Crippen molar-refractivity contribution in [1.29, 1.82) is 0 Å². The topological polar surface area (TPSA) is 47.1 Å². The number of aromatic nitrogens is 4. The SMILES string of the molecule is C[C@H]([C@@H](C)NCc1cn2cc(Cl)ccc2n1)n1cccn1. The Morgan fingerprint density at radius 1 is 1.29 bits per heavy atom. The number of hydrogen-bond acceptors (Lipinski definition) is 3. The van der Waals surface area contributed by atoms with E-state index in [2.05, 4.69) is 29.2 Å². The van der Waals surface area contributed by atoms with Crippen molar-refractivity contribution in [3.8, 4) is 0 Å². The molecule has 6 heteroatoms. The van der Waals surface area contributed by atoms with Gasteiger partial charge in [0, 0.05) is 37.4 Å². The molecule has 21 heavy (non-hydrogen) atoms. The van der Waals surface area contributed by atoms with Crippen molar-refractivity contribution in [3.05, 3.63) is 53.7 Å². The molecule has 3 heterocycles. The molecule has 0 aliphatic carbocycles. The first-order valence-electron chi connectivity index (χ1n) is 6.99. The van der Waals surface area contributed by atoms with Crippen LogP contribution in [0.2, 0.25) is 5.02 Å². The van der Waals surface area contributed by atoms with Crippen LogP contribution in [0.15, 0.2) is 43.0 Å². The lowest BCUT2D eigenvalue weighted by atomic mass is 10.2. The largest absolute Gasteiger partial charge is 0.306 e. The fourth-order valence-electron chi connectivity index (χ4n) is 2.29. The van der Waals surface area contributed by atoms with Crippen LogP contribution in [0.3, 0.4) is 0 Å². The van der Waals surface area contributed by atoms with Gasteiger partial charge in [0.05, 0.1) is 16.8 Å². The minimum absolute atomic E-state index is 0.284. The number of nitrogens with zero attached hydrogens (tertiary/aromatic N) is 4. The first-order valence-corrected chi connectivity index (χ1v) is 7.37. The van der Waals surface area contributed by atoms with E-state index < -0.39 is 0 Å². The van der Waals surface area contributed by atoms with E-state index in [1.807, 2.05) is 45.9 Å². The molecule has 110 valence electrons. The third kappa shape index (κ3) is 3.09. The molecule has 3 aromatic heterocycles. The van der Waals surface area contributed by atoms with Gasteiger partial charge in [-0.3, -0.25) is 4.68 Å². The maximum Gasteiger partial charge on any atom is 0.137 e. The third-order valence-corrected chi connectivity index (χ3v) is 3.96. The fraction of sp³-hybridized carbons (Fsp3) is 0.333. The van der Waals surface area contributed by atoms with E-state index in [0.717, 1.165) is 11.3 Å². The molecule has 3 rings (SSSR count). The second-order valence-corrected chi connectivity index (χ2v) is 5.68. The number of halogens is 1. The van der Waals surface area contributed by atoms with Crippen molar-refractivity contribution in [2.75, 3.05) is 0 Å². The van der Waals surface area contributed by atoms with E-state index in [1.54, 1.807) is 6.20 Å². The molecule has 1 N–H and O–H groups in total. The normalized spacial score (nSPS) is 14.4. The minimum Gasteiger partial charge on any atom is -0.306 e. The van der Waals surface area contributed by atoms with Crippen LogP contribution in [0.4, 0.5) is 0 Å². The predicted molar refractivity (Wildman–Crippen MR) is 83.4 cm³/mol. The molecular weight excluding hydrogens is 286 g/mol. The molecule has 0 aromatic carbocycles. The van der Waals surface area contributed by atoms with Gasteiger partial charge in [0.2, 0.25) is 0 Å². The van der Waals surface area contributed by atoms with Gasteiger partial charge in [-0.15, -0.1) is 0 Å². The highest BCUT2D eigenvalue weighted by atomic mass is 35.5. The number of pyridine rings is 1. The molecule has 0 fully saturated rings. The van der Waals surface area contributed by atoms with Gasteiger partial charge in [0.15, 0.2) is 0 Å². The monoisotopic (exact) mass is 303 g/mol. The first kappa shape index (κ1) is 14.1. The highest BCUT2D eigenvalue weighted by molar-refractivity contribution is 6.30. The molecule has 0 saturated carbocycles. The lowest BCUT2D eigenvalue weighted by Gasteiger charge is -2.21. The predicted octanol–water partition coefficient (Wildman–Crippen LogP) is 2.92. The van der Waals surface area contributed by atoms with Crippen LogP contribution in [0, 0.1) is 0 Å². The van der Waals surface area contributed by atoms with Crippen molar-refractivity contribution < 1.29 is 0 Å². The van der Waals surface area contributed by atoms with Crippen molar-refractivity contribution in [2.45, 2.75) is 32.5 Å². The zero-order valence-corrected chi connectivity index (χ0v) is 12.8. The van der Waals surface area contributed by atoms with Gasteiger partial charge in [-0.1, -0.05) is 11.6 Å². The Morgan fingerprint density at radius 2 is 2.14 bits per heavy atom. The molecule has 0 aliphatic heterocycles. The fourth-order valence-corrected chi connectivity index (χ4v) is 2.46. The average Bonchev–Trinajstić information content (AvgIpc) is 3.12. The summed E-state index contributed by atoms with van der Waals surface area (Å²) in [5.41, 5.74) is 1.90. The van der Waals surface area contributed by atoms with Crippen LogP contribution in [-0.4, -0.2) is 25.2 Å². The molecule has 3 aromatic rings. The molecule has 0 aliphatic rings. The summed E-state index contributed by atoms with van der Waals surface area (Å²) in [5, 5.41) is 8.48. The quantitative estimate of drug-likeness (QED) is 0.788. The summed E-state index contributed by atoms with van der Waals surface area (Å²) in [6, 6.07) is 6.28. The van der Waals surface area contributed by atoms with Crippen LogP contribution in [0.25, 0.3) is 5.65 Å². The number of hydrogen-bond donors (Lipinski definition) is 1. The second-order valence-electron chi connectivity index (χ2n) is 5.24. The van der Waals surface area contributed by atoms with E-state index in [9.17, 15) is 0 Å². The summed E-state index contributed by atoms with van der Waals surface area (Å²) in [6.07, 6.45) is 7.65. The number of fused-ring (bicyclic) bond motifs is 1. The highest BCUT2D eigenvalue weighted by Gasteiger charge is 2.14. The molecule has 2 atom stereocenters. The van der Waals surface area contributed by atoms with E-state index >= 15 is 0 Å². The van der Waals surface area contributed by atoms with Crippen LogP contribution in [-0.2, 0) is 6.54 Å². The van der Waals surface area contributed by atoms with E-state index in [4.69, 9.17) is 11.6 Å². The minimum atomic E-state index is 0.284. The van der Waals surface area contributed by atoms with Gasteiger partial charge in [-0.05, 0) is 32.0 Å². The van der Waals surface area contributed by atoms with Crippen LogP contribution in [0.1, 0.15) is 25.6 Å². The summed E-state index contributed by atoms with van der Waals surface area (Å²) < 4.78 is 3.90. The van der Waals surface area contributed by atoms with Crippen molar-refractivity contribution in [2.24, 2.45) is 0 Å². The van der Waals surface area contributed by atoms with Crippen molar-refractivity contribution >= 4 is 17.2 Å². The van der Waals surface area contributed by atoms with Gasteiger partial charge in [0.1, 0.15) is 5.65 Å². The van der Waals surface area contributed by atoms with E-state index in [-0.39, 0.29) is 6.04 Å². The lowest BCUT2D eigenvalue weighted by Crippen LogP contribution is -2.33. The molecule has 5 nitrogen and oxygen atoms in total. The molecular formula is C15H18ClN5. The van der Waals surface area contributed by atoms with Gasteiger partial charge < -0.3 is 9.72 Å². The average molecular weight is 304 g/mol. The van der Waals surface area contributed by atoms with Gasteiger partial charge in [-0.2, -0.15) is 5.10 Å². The summed E-state index contributed by atoms with van der Waals surface area (Å²) in [5.74, 6) is 0. The summed E-state index contributed by atoms with van der Waals surface area (Å²) in [7, 11) is 0. The Kier molecular flexibility index (Phi) is 3.94. The van der Waals surface area contributed by atoms with E-state index in [0.29, 0.717) is 17.6 Å². The number of imidazole rings is 1. The number of nitrogens with one attached hydrogen (secondary N) is 1. The molecule has 0 unspecified atom stereocenters. The van der Waals surface area contributed by atoms with Crippen LogP contribution in [0.5, 0.6) is 0 Å². The van der Waals surface area contributed by atoms with Crippen LogP contribution < -0.4 is 5.32 Å². The molecule has 0 radical (unpaired) electrons. The smallest absolute Gasteiger partial charge is 0.137 e. The highest BCUT2D eigenvalue weighted by Crippen LogP contribution is 2.13. The Morgan fingerprint density at radius 3 is 2.90 bits per heavy atom. The molecule has 0 saturated heterocycles. The number of rotatable bonds is 5. The summed E-state index contributed by atoms with van der Waals surface area (Å²) >= 11 is 5.98. The zero-order chi connectivity index (χ0) is 14.8. The first-order chi connectivity index (χ1) is 10.1. The lowest BCUT2D eigenvalue weighted by molar-refractivity contribution is 0.364. The summed E-state index contributed by atoms with van der Waals surface area (Å²) in [6.45, 7) is 5.01. The van der Waals surface area contributed by atoms with Crippen LogP contribution >= 0.6 is 11.6 Å². The molecule has 0 spiro atoms. The molecule has 0 amide bonds. The second kappa shape index (κ2) is 5.87. The Bertz CT molecular complexity index is 719. The van der Waals surface area contributed by atoms with Crippen molar-refractivity contribution in [1.82, 2.24) is 24.5 Å². The van der Waals surface area contributed by atoms with E-state index in [1.165, 1.54) is 0 Å². The van der Waals surface area contributed by atoms with Gasteiger partial charge in [0.25, 0.3) is 0 Å². The van der Waals surface area contributed by atoms with Gasteiger partial charge in [-0.25, -0.2) is 4.98 Å². The van der Waals surface area contributed by atoms with Gasteiger partial charge >= 0.3 is 0 Å².